The molecule has 0 spiro atoms. The van der Waals surface area contributed by atoms with E-state index in [2.05, 4.69) is 4.98 Å². The second-order valence-electron chi connectivity index (χ2n) is 3.10. The van der Waals surface area contributed by atoms with E-state index >= 15 is 0 Å². The van der Waals surface area contributed by atoms with Gasteiger partial charge in [0, 0.05) is 12.1 Å². The highest BCUT2D eigenvalue weighted by Gasteiger charge is 2.30. The number of aliphatic hydroxyl groups is 2. The maximum Gasteiger partial charge on any atom is 0.209 e. The average molecular weight is 167 g/mol. The highest BCUT2D eigenvalue weighted by molar-refractivity contribution is 5.09. The number of rotatable bonds is 2. The van der Waals surface area contributed by atoms with Gasteiger partial charge in [-0.2, -0.15) is 0 Å². The minimum absolute atomic E-state index is 0.271. The van der Waals surface area contributed by atoms with Crippen molar-refractivity contribution in [1.29, 1.82) is 0 Å². The third kappa shape index (κ3) is 1.62. The first-order valence-electron chi connectivity index (χ1n) is 3.91. The molecule has 0 aliphatic heterocycles. The summed E-state index contributed by atoms with van der Waals surface area (Å²) in [4.78, 5) is 3.87. The standard InChI is InChI=1S/C9H13NO2/c1-7(2)9(11,12)8-5-3-4-6-10-8/h3-7,11-12H,1-2H3. The molecule has 2 N–H and O–H groups in total. The molecular weight excluding hydrogens is 154 g/mol. The van der Waals surface area contributed by atoms with Gasteiger partial charge in [0.2, 0.25) is 5.79 Å². The van der Waals surface area contributed by atoms with Crippen LogP contribution in [-0.4, -0.2) is 15.2 Å². The molecular formula is C9H13NO2. The fraction of sp³-hybridized carbons (Fsp3) is 0.444. The molecule has 0 aromatic carbocycles. The van der Waals surface area contributed by atoms with Crippen LogP contribution in [0.25, 0.3) is 0 Å². The van der Waals surface area contributed by atoms with Gasteiger partial charge in [0.15, 0.2) is 0 Å². The third-order valence-corrected chi connectivity index (χ3v) is 1.85. The molecule has 0 radical (unpaired) electrons. The number of aromatic nitrogens is 1. The molecule has 66 valence electrons. The molecule has 0 unspecified atom stereocenters. The summed E-state index contributed by atoms with van der Waals surface area (Å²) in [6.07, 6.45) is 1.54. The average Bonchev–Trinajstić information content (AvgIpc) is 2.06. The van der Waals surface area contributed by atoms with Crippen molar-refractivity contribution in [2.75, 3.05) is 0 Å². The van der Waals surface area contributed by atoms with Crippen molar-refractivity contribution >= 4 is 0 Å². The van der Waals surface area contributed by atoms with Crippen molar-refractivity contribution < 1.29 is 10.2 Å². The first kappa shape index (κ1) is 9.16. The number of hydrogen-bond acceptors (Lipinski definition) is 3. The van der Waals surface area contributed by atoms with E-state index in [9.17, 15) is 10.2 Å². The zero-order chi connectivity index (χ0) is 9.19. The maximum atomic E-state index is 9.56. The lowest BCUT2D eigenvalue weighted by atomic mass is 9.99. The topological polar surface area (TPSA) is 53.4 Å². The van der Waals surface area contributed by atoms with E-state index in [4.69, 9.17) is 0 Å². The summed E-state index contributed by atoms with van der Waals surface area (Å²) in [6.45, 7) is 3.46. The van der Waals surface area contributed by atoms with Crippen molar-refractivity contribution in [3.05, 3.63) is 30.1 Å². The van der Waals surface area contributed by atoms with Crippen LogP contribution in [0.2, 0.25) is 0 Å². The van der Waals surface area contributed by atoms with E-state index < -0.39 is 5.79 Å². The Morgan fingerprint density at radius 3 is 2.42 bits per heavy atom. The van der Waals surface area contributed by atoms with E-state index in [0.29, 0.717) is 5.69 Å². The predicted molar refractivity (Wildman–Crippen MR) is 45.2 cm³/mol. The normalized spacial score (nSPS) is 12.1. The molecule has 1 rings (SSSR count). The van der Waals surface area contributed by atoms with Gasteiger partial charge in [-0.05, 0) is 12.1 Å². The Hall–Kier alpha value is -0.930. The molecule has 0 amide bonds. The molecule has 0 fully saturated rings. The Labute approximate surface area is 71.7 Å². The molecule has 0 bridgehead atoms. The summed E-state index contributed by atoms with van der Waals surface area (Å²) in [5, 5.41) is 19.1. The molecule has 1 heterocycles. The molecule has 0 aliphatic rings. The third-order valence-electron chi connectivity index (χ3n) is 1.85. The molecule has 0 saturated carbocycles. The van der Waals surface area contributed by atoms with Crippen LogP contribution in [0, 0.1) is 5.92 Å². The van der Waals surface area contributed by atoms with Crippen LogP contribution in [0.3, 0.4) is 0 Å². The van der Waals surface area contributed by atoms with Gasteiger partial charge in [0.1, 0.15) is 0 Å². The van der Waals surface area contributed by atoms with Crippen LogP contribution in [0.15, 0.2) is 24.4 Å². The van der Waals surface area contributed by atoms with Crippen LogP contribution in [0.1, 0.15) is 19.5 Å². The molecule has 0 atom stereocenters. The lowest BCUT2D eigenvalue weighted by Crippen LogP contribution is -2.32. The van der Waals surface area contributed by atoms with Crippen molar-refractivity contribution in [2.45, 2.75) is 19.6 Å². The van der Waals surface area contributed by atoms with E-state index in [1.807, 2.05) is 0 Å². The molecule has 1 aromatic rings. The fourth-order valence-corrected chi connectivity index (χ4v) is 0.876. The van der Waals surface area contributed by atoms with Gasteiger partial charge < -0.3 is 10.2 Å². The highest BCUT2D eigenvalue weighted by Crippen LogP contribution is 2.23. The summed E-state index contributed by atoms with van der Waals surface area (Å²) in [5.74, 6) is -2.09. The zero-order valence-corrected chi connectivity index (χ0v) is 7.23. The van der Waals surface area contributed by atoms with Crippen molar-refractivity contribution in [1.82, 2.24) is 4.98 Å². The first-order valence-corrected chi connectivity index (χ1v) is 3.91. The minimum Gasteiger partial charge on any atom is -0.361 e. The lowest BCUT2D eigenvalue weighted by Gasteiger charge is -2.24. The van der Waals surface area contributed by atoms with Gasteiger partial charge in [-0.25, -0.2) is 0 Å². The summed E-state index contributed by atoms with van der Waals surface area (Å²) in [6, 6.07) is 5.06. The van der Waals surface area contributed by atoms with Crippen LogP contribution in [0.4, 0.5) is 0 Å². The van der Waals surface area contributed by atoms with E-state index in [1.165, 1.54) is 0 Å². The molecule has 0 aliphatic carbocycles. The lowest BCUT2D eigenvalue weighted by molar-refractivity contribution is -0.204. The largest absolute Gasteiger partial charge is 0.361 e. The Balaban J connectivity index is 2.98. The SMILES string of the molecule is CC(C)C(O)(O)c1ccccn1. The fourth-order valence-electron chi connectivity index (χ4n) is 0.876. The minimum atomic E-state index is -1.82. The summed E-state index contributed by atoms with van der Waals surface area (Å²) in [7, 11) is 0. The van der Waals surface area contributed by atoms with E-state index in [1.54, 1.807) is 38.2 Å². The van der Waals surface area contributed by atoms with Gasteiger partial charge >= 0.3 is 0 Å². The molecule has 0 saturated heterocycles. The summed E-state index contributed by atoms with van der Waals surface area (Å²) < 4.78 is 0. The van der Waals surface area contributed by atoms with Crippen LogP contribution in [-0.2, 0) is 5.79 Å². The van der Waals surface area contributed by atoms with Crippen LogP contribution >= 0.6 is 0 Å². The second-order valence-corrected chi connectivity index (χ2v) is 3.10. The monoisotopic (exact) mass is 167 g/mol. The zero-order valence-electron chi connectivity index (χ0n) is 7.23. The van der Waals surface area contributed by atoms with Crippen molar-refractivity contribution in [2.24, 2.45) is 5.92 Å². The van der Waals surface area contributed by atoms with Crippen LogP contribution in [0.5, 0.6) is 0 Å². The van der Waals surface area contributed by atoms with Crippen molar-refractivity contribution in [3.8, 4) is 0 Å². The number of hydrogen-bond donors (Lipinski definition) is 2. The summed E-state index contributed by atoms with van der Waals surface area (Å²) in [5.41, 5.74) is 0.292. The van der Waals surface area contributed by atoms with Crippen molar-refractivity contribution in [3.63, 3.8) is 0 Å². The molecule has 3 heteroatoms. The predicted octanol–water partition coefficient (Wildman–Crippen LogP) is 0.875. The van der Waals surface area contributed by atoms with Gasteiger partial charge in [-0.1, -0.05) is 19.9 Å². The van der Waals surface area contributed by atoms with E-state index in [-0.39, 0.29) is 5.92 Å². The van der Waals surface area contributed by atoms with Crippen LogP contribution < -0.4 is 0 Å². The number of pyridine rings is 1. The quantitative estimate of drug-likeness (QED) is 0.643. The Kier molecular flexibility index (Phi) is 2.45. The van der Waals surface area contributed by atoms with Gasteiger partial charge in [0.25, 0.3) is 0 Å². The number of nitrogens with zero attached hydrogens (tertiary/aromatic N) is 1. The Bertz CT molecular complexity index is 244. The van der Waals surface area contributed by atoms with Gasteiger partial charge in [-0.3, -0.25) is 4.98 Å². The second kappa shape index (κ2) is 3.21. The molecule has 1 aromatic heterocycles. The van der Waals surface area contributed by atoms with Gasteiger partial charge in [-0.15, -0.1) is 0 Å². The first-order chi connectivity index (χ1) is 5.55. The van der Waals surface area contributed by atoms with E-state index in [0.717, 1.165) is 0 Å². The maximum absolute atomic E-state index is 9.56. The van der Waals surface area contributed by atoms with Gasteiger partial charge in [0.05, 0.1) is 5.69 Å². The Morgan fingerprint density at radius 2 is 2.00 bits per heavy atom. The summed E-state index contributed by atoms with van der Waals surface area (Å²) >= 11 is 0. The molecule has 3 nitrogen and oxygen atoms in total. The Morgan fingerprint density at radius 1 is 1.33 bits per heavy atom. The smallest absolute Gasteiger partial charge is 0.209 e. The molecule has 12 heavy (non-hydrogen) atoms. The highest BCUT2D eigenvalue weighted by atomic mass is 16.5.